The van der Waals surface area contributed by atoms with E-state index in [1.807, 2.05) is 49.3 Å². The van der Waals surface area contributed by atoms with Crippen molar-refractivity contribution in [2.24, 2.45) is 0 Å². The number of fused-ring (bicyclic) bond motifs is 1. The van der Waals surface area contributed by atoms with Gasteiger partial charge >= 0.3 is 0 Å². The first-order valence-corrected chi connectivity index (χ1v) is 10.8. The van der Waals surface area contributed by atoms with Crippen LogP contribution in [-0.2, 0) is 27.8 Å². The third kappa shape index (κ3) is 4.43. The summed E-state index contributed by atoms with van der Waals surface area (Å²) in [5.74, 6) is -0.0222. The first kappa shape index (κ1) is 20.5. The van der Waals surface area contributed by atoms with Crippen LogP contribution in [0.2, 0.25) is 0 Å². The van der Waals surface area contributed by atoms with Gasteiger partial charge < -0.3 is 9.80 Å². The number of hydrogen-bond donors (Lipinski definition) is 0. The summed E-state index contributed by atoms with van der Waals surface area (Å²) >= 11 is 0. The van der Waals surface area contributed by atoms with Crippen molar-refractivity contribution in [3.63, 3.8) is 0 Å². The summed E-state index contributed by atoms with van der Waals surface area (Å²) in [4.78, 5) is 15.7. The molecule has 1 aliphatic rings. The van der Waals surface area contributed by atoms with Crippen molar-refractivity contribution in [3.8, 4) is 0 Å². The van der Waals surface area contributed by atoms with Gasteiger partial charge in [0.05, 0.1) is 4.90 Å². The Bertz CT molecular complexity index is 943. The molecule has 2 aromatic rings. The summed E-state index contributed by atoms with van der Waals surface area (Å²) in [5, 5.41) is 0. The molecule has 1 heterocycles. The minimum absolute atomic E-state index is 0.0222. The molecule has 0 aliphatic carbocycles. The Balaban J connectivity index is 1.91. The van der Waals surface area contributed by atoms with E-state index in [0.29, 0.717) is 32.6 Å². The van der Waals surface area contributed by atoms with Crippen LogP contribution < -0.4 is 4.90 Å². The highest BCUT2D eigenvalue weighted by Gasteiger charge is 2.28. The molecule has 1 aliphatic heterocycles. The Morgan fingerprint density at radius 3 is 2.43 bits per heavy atom. The molecule has 0 saturated heterocycles. The van der Waals surface area contributed by atoms with E-state index in [4.69, 9.17) is 0 Å². The van der Waals surface area contributed by atoms with Gasteiger partial charge in [0.15, 0.2) is 0 Å². The molecule has 0 radical (unpaired) electrons. The monoisotopic (exact) mass is 401 g/mol. The Labute approximate surface area is 167 Å². The van der Waals surface area contributed by atoms with E-state index in [9.17, 15) is 13.2 Å². The number of benzene rings is 2. The summed E-state index contributed by atoms with van der Waals surface area (Å²) in [6.45, 7) is 3.49. The number of sulfonamides is 1. The summed E-state index contributed by atoms with van der Waals surface area (Å²) in [7, 11) is 0.208. The molecule has 1 amide bonds. The molecule has 0 saturated carbocycles. The second-order valence-corrected chi connectivity index (χ2v) is 9.28. The zero-order chi connectivity index (χ0) is 20.3. The lowest BCUT2D eigenvalue weighted by molar-refractivity contribution is -0.116. The van der Waals surface area contributed by atoms with Gasteiger partial charge in [0.25, 0.3) is 0 Å². The lowest BCUT2D eigenvalue weighted by Gasteiger charge is -2.24. The van der Waals surface area contributed by atoms with Gasteiger partial charge in [-0.3, -0.25) is 4.79 Å². The molecule has 150 valence electrons. The Hall–Kier alpha value is -2.22. The number of amides is 1. The van der Waals surface area contributed by atoms with Gasteiger partial charge in [0.1, 0.15) is 0 Å². The fourth-order valence-electron chi connectivity index (χ4n) is 3.40. The number of anilines is 1. The predicted molar refractivity (Wildman–Crippen MR) is 111 cm³/mol. The maximum Gasteiger partial charge on any atom is 0.243 e. The second-order valence-electron chi connectivity index (χ2n) is 7.34. The van der Waals surface area contributed by atoms with E-state index in [2.05, 4.69) is 0 Å². The highest BCUT2D eigenvalue weighted by atomic mass is 32.2. The molecular formula is C21H27N3O3S. The standard InChI is InChI=1S/C21H27N3O3S/c1-17(25)24-12-11-19-15-20(9-10-21(19)24)28(26,27)23(14-13-22(2)3)16-18-7-5-4-6-8-18/h4-10,15H,11-14,16H2,1-3H3. The molecule has 0 unspecified atom stereocenters. The average molecular weight is 402 g/mol. The van der Waals surface area contributed by atoms with Crippen LogP contribution in [0.5, 0.6) is 0 Å². The fraction of sp³-hybridized carbons (Fsp3) is 0.381. The molecule has 6 nitrogen and oxygen atoms in total. The summed E-state index contributed by atoms with van der Waals surface area (Å²) in [5.41, 5.74) is 2.67. The third-order valence-corrected chi connectivity index (χ3v) is 6.80. The Morgan fingerprint density at radius 2 is 1.79 bits per heavy atom. The zero-order valence-corrected chi connectivity index (χ0v) is 17.4. The van der Waals surface area contributed by atoms with E-state index in [1.54, 1.807) is 23.1 Å². The first-order chi connectivity index (χ1) is 13.3. The van der Waals surface area contributed by atoms with Crippen LogP contribution in [-0.4, -0.2) is 57.3 Å². The lowest BCUT2D eigenvalue weighted by atomic mass is 10.2. The second kappa shape index (κ2) is 8.43. The molecule has 0 N–H and O–H groups in total. The fourth-order valence-corrected chi connectivity index (χ4v) is 4.87. The van der Waals surface area contributed by atoms with Crippen molar-refractivity contribution in [1.82, 2.24) is 9.21 Å². The number of likely N-dealkylation sites (N-methyl/N-ethyl adjacent to an activating group) is 1. The number of carbonyl (C=O) groups is 1. The molecule has 0 aromatic heterocycles. The first-order valence-electron chi connectivity index (χ1n) is 9.39. The molecule has 2 aromatic carbocycles. The molecular weight excluding hydrogens is 374 g/mol. The predicted octanol–water partition coefficient (Wildman–Crippen LogP) is 2.35. The maximum absolute atomic E-state index is 13.4. The number of nitrogens with zero attached hydrogens (tertiary/aromatic N) is 3. The quantitative estimate of drug-likeness (QED) is 0.715. The zero-order valence-electron chi connectivity index (χ0n) is 16.6. The minimum Gasteiger partial charge on any atom is -0.312 e. The maximum atomic E-state index is 13.4. The van der Waals surface area contributed by atoms with Crippen molar-refractivity contribution in [1.29, 1.82) is 0 Å². The summed E-state index contributed by atoms with van der Waals surface area (Å²) in [6.07, 6.45) is 0.675. The number of carbonyl (C=O) groups excluding carboxylic acids is 1. The van der Waals surface area contributed by atoms with Crippen LogP contribution in [0.4, 0.5) is 5.69 Å². The van der Waals surface area contributed by atoms with Crippen LogP contribution in [0.15, 0.2) is 53.4 Å². The Kier molecular flexibility index (Phi) is 6.17. The average Bonchev–Trinajstić information content (AvgIpc) is 3.09. The molecule has 3 rings (SSSR count). The normalized spacial score (nSPS) is 14.0. The topological polar surface area (TPSA) is 60.9 Å². The van der Waals surface area contributed by atoms with Crippen LogP contribution in [0.3, 0.4) is 0 Å². The molecule has 0 bridgehead atoms. The highest BCUT2D eigenvalue weighted by molar-refractivity contribution is 7.89. The van der Waals surface area contributed by atoms with Crippen molar-refractivity contribution < 1.29 is 13.2 Å². The van der Waals surface area contributed by atoms with Crippen LogP contribution in [0, 0.1) is 0 Å². The van der Waals surface area contributed by atoms with Gasteiger partial charge in [-0.25, -0.2) is 8.42 Å². The molecule has 0 atom stereocenters. The van der Waals surface area contributed by atoms with Gasteiger partial charge in [0.2, 0.25) is 15.9 Å². The molecule has 28 heavy (non-hydrogen) atoms. The van der Waals surface area contributed by atoms with E-state index >= 15 is 0 Å². The largest absolute Gasteiger partial charge is 0.312 e. The van der Waals surface area contributed by atoms with Crippen molar-refractivity contribution >= 4 is 21.6 Å². The van der Waals surface area contributed by atoms with Crippen LogP contribution in [0.25, 0.3) is 0 Å². The van der Waals surface area contributed by atoms with Crippen molar-refractivity contribution in [2.75, 3.05) is 38.6 Å². The van der Waals surface area contributed by atoms with Gasteiger partial charge in [-0.05, 0) is 49.8 Å². The smallest absolute Gasteiger partial charge is 0.243 e. The van der Waals surface area contributed by atoms with Crippen LogP contribution in [0.1, 0.15) is 18.1 Å². The summed E-state index contributed by atoms with van der Waals surface area (Å²) in [6, 6.07) is 14.7. The minimum atomic E-state index is -3.65. The van der Waals surface area contributed by atoms with Crippen molar-refractivity contribution in [2.45, 2.75) is 24.8 Å². The van der Waals surface area contributed by atoms with Crippen molar-refractivity contribution in [3.05, 3.63) is 59.7 Å². The summed E-state index contributed by atoms with van der Waals surface area (Å²) < 4.78 is 28.3. The van der Waals surface area contributed by atoms with Crippen LogP contribution >= 0.6 is 0 Å². The third-order valence-electron chi connectivity index (χ3n) is 4.96. The molecule has 0 fully saturated rings. The SMILES string of the molecule is CC(=O)N1CCc2cc(S(=O)(=O)N(CCN(C)C)Cc3ccccc3)ccc21. The van der Waals surface area contributed by atoms with E-state index < -0.39 is 10.0 Å². The molecule has 7 heteroatoms. The number of rotatable bonds is 7. The highest BCUT2D eigenvalue weighted by Crippen LogP contribution is 2.31. The van der Waals surface area contributed by atoms with E-state index in [0.717, 1.165) is 16.8 Å². The van der Waals surface area contributed by atoms with E-state index in [-0.39, 0.29) is 10.8 Å². The van der Waals surface area contributed by atoms with E-state index in [1.165, 1.54) is 11.2 Å². The number of hydrogen-bond acceptors (Lipinski definition) is 4. The lowest BCUT2D eigenvalue weighted by Crippen LogP contribution is -2.36. The van der Waals surface area contributed by atoms with Gasteiger partial charge in [0, 0.05) is 38.8 Å². The van der Waals surface area contributed by atoms with Gasteiger partial charge in [-0.2, -0.15) is 4.31 Å². The molecule has 0 spiro atoms. The van der Waals surface area contributed by atoms with Gasteiger partial charge in [-0.1, -0.05) is 30.3 Å². The Morgan fingerprint density at radius 1 is 1.07 bits per heavy atom. The van der Waals surface area contributed by atoms with Gasteiger partial charge in [-0.15, -0.1) is 0 Å².